The zero-order chi connectivity index (χ0) is 19.4. The average molecular weight is 382 g/mol. The number of alkyl halides is 3. The van der Waals surface area contributed by atoms with Crippen LogP contribution in [0.15, 0.2) is 48.5 Å². The first-order valence-electron chi connectivity index (χ1n) is 8.62. The molecule has 0 unspecified atom stereocenters. The Hall–Kier alpha value is -2.61. The van der Waals surface area contributed by atoms with Crippen molar-refractivity contribution in [1.29, 1.82) is 0 Å². The van der Waals surface area contributed by atoms with Crippen molar-refractivity contribution in [3.63, 3.8) is 0 Å². The van der Waals surface area contributed by atoms with Crippen LogP contribution in [0.25, 0.3) is 0 Å². The van der Waals surface area contributed by atoms with Crippen LogP contribution >= 0.6 is 0 Å². The van der Waals surface area contributed by atoms with E-state index in [9.17, 15) is 22.4 Å². The molecule has 2 aromatic rings. The monoisotopic (exact) mass is 382 g/mol. The minimum Gasteiger partial charge on any atom is -0.360 e. The van der Waals surface area contributed by atoms with Crippen LogP contribution in [0.1, 0.15) is 5.56 Å². The minimum absolute atomic E-state index is 0.236. The summed E-state index contributed by atoms with van der Waals surface area (Å²) >= 11 is 0. The summed E-state index contributed by atoms with van der Waals surface area (Å²) in [6.07, 6.45) is -4.39. The standard InChI is InChI=1S/C19H19F4N3O/c20-15-3-7-17(8-4-15)26-11-9-25(10-12-26)13-18(27)24-16-5-1-14(2-6-16)19(21,22)23/h1-8H,9-13H2,(H,24,27)/p+1. The molecule has 1 aliphatic rings. The quantitative estimate of drug-likeness (QED) is 0.796. The Morgan fingerprint density at radius 1 is 1.00 bits per heavy atom. The van der Waals surface area contributed by atoms with E-state index in [0.717, 1.165) is 48.9 Å². The molecule has 144 valence electrons. The predicted molar refractivity (Wildman–Crippen MR) is 94.3 cm³/mol. The molecule has 2 aromatic carbocycles. The number of quaternary nitrogens is 1. The van der Waals surface area contributed by atoms with Gasteiger partial charge in [0.15, 0.2) is 6.54 Å². The van der Waals surface area contributed by atoms with E-state index in [0.29, 0.717) is 5.69 Å². The van der Waals surface area contributed by atoms with Gasteiger partial charge in [-0.2, -0.15) is 13.2 Å². The van der Waals surface area contributed by atoms with Gasteiger partial charge in [-0.3, -0.25) is 4.79 Å². The molecule has 1 aliphatic heterocycles. The van der Waals surface area contributed by atoms with Gasteiger partial charge in [0, 0.05) is 11.4 Å². The van der Waals surface area contributed by atoms with Crippen molar-refractivity contribution in [3.8, 4) is 0 Å². The number of amides is 1. The Morgan fingerprint density at radius 2 is 1.59 bits per heavy atom. The zero-order valence-electron chi connectivity index (χ0n) is 14.5. The van der Waals surface area contributed by atoms with Crippen LogP contribution in [0.5, 0.6) is 0 Å². The van der Waals surface area contributed by atoms with E-state index >= 15 is 0 Å². The maximum atomic E-state index is 13.0. The Morgan fingerprint density at radius 3 is 2.15 bits per heavy atom. The lowest BCUT2D eigenvalue weighted by Gasteiger charge is -2.33. The molecule has 1 saturated heterocycles. The summed E-state index contributed by atoms with van der Waals surface area (Å²) in [5.41, 5.74) is 0.546. The Labute approximate surface area is 154 Å². The summed E-state index contributed by atoms with van der Waals surface area (Å²) in [6.45, 7) is 3.23. The molecular weight excluding hydrogens is 362 g/mol. The highest BCUT2D eigenvalue weighted by atomic mass is 19.4. The number of piperazine rings is 1. The van der Waals surface area contributed by atoms with E-state index in [1.54, 1.807) is 12.1 Å². The van der Waals surface area contributed by atoms with Gasteiger partial charge in [0.2, 0.25) is 0 Å². The van der Waals surface area contributed by atoms with Gasteiger partial charge in [0.1, 0.15) is 5.82 Å². The molecule has 0 spiro atoms. The van der Waals surface area contributed by atoms with E-state index < -0.39 is 11.7 Å². The first kappa shape index (κ1) is 19.2. The van der Waals surface area contributed by atoms with Crippen molar-refractivity contribution in [3.05, 3.63) is 59.9 Å². The second kappa shape index (κ2) is 7.96. The highest BCUT2D eigenvalue weighted by Crippen LogP contribution is 2.29. The average Bonchev–Trinajstić information content (AvgIpc) is 2.63. The van der Waals surface area contributed by atoms with Crippen LogP contribution in [0, 0.1) is 5.82 Å². The molecule has 0 aromatic heterocycles. The van der Waals surface area contributed by atoms with Gasteiger partial charge in [-0.1, -0.05) is 0 Å². The molecule has 0 atom stereocenters. The summed E-state index contributed by atoms with van der Waals surface area (Å²) in [4.78, 5) is 15.4. The fraction of sp³-hybridized carbons (Fsp3) is 0.316. The van der Waals surface area contributed by atoms with Crippen LogP contribution < -0.4 is 15.1 Å². The maximum Gasteiger partial charge on any atom is 0.416 e. The summed E-state index contributed by atoms with van der Waals surface area (Å²) in [7, 11) is 0. The van der Waals surface area contributed by atoms with Crippen molar-refractivity contribution >= 4 is 17.3 Å². The van der Waals surface area contributed by atoms with Gasteiger partial charge < -0.3 is 15.1 Å². The highest BCUT2D eigenvalue weighted by Gasteiger charge is 2.30. The molecule has 2 N–H and O–H groups in total. The lowest BCUT2D eigenvalue weighted by Crippen LogP contribution is -3.15. The topological polar surface area (TPSA) is 36.8 Å². The summed E-state index contributed by atoms with van der Waals surface area (Å²) in [6, 6.07) is 10.7. The molecule has 27 heavy (non-hydrogen) atoms. The number of benzene rings is 2. The van der Waals surface area contributed by atoms with E-state index in [2.05, 4.69) is 10.2 Å². The second-order valence-corrected chi connectivity index (χ2v) is 6.51. The highest BCUT2D eigenvalue weighted by molar-refractivity contribution is 5.91. The largest absolute Gasteiger partial charge is 0.416 e. The molecule has 0 radical (unpaired) electrons. The number of rotatable bonds is 4. The third-order valence-electron chi connectivity index (χ3n) is 4.57. The smallest absolute Gasteiger partial charge is 0.360 e. The van der Waals surface area contributed by atoms with Gasteiger partial charge >= 0.3 is 6.18 Å². The van der Waals surface area contributed by atoms with E-state index in [4.69, 9.17) is 0 Å². The van der Waals surface area contributed by atoms with Gasteiger partial charge in [-0.15, -0.1) is 0 Å². The molecule has 1 heterocycles. The molecule has 0 aliphatic carbocycles. The number of nitrogens with zero attached hydrogens (tertiary/aromatic N) is 1. The molecule has 1 amide bonds. The number of halogens is 4. The van der Waals surface area contributed by atoms with Gasteiger partial charge in [-0.05, 0) is 48.5 Å². The number of carbonyl (C=O) groups is 1. The molecule has 0 saturated carbocycles. The Kier molecular flexibility index (Phi) is 5.65. The van der Waals surface area contributed by atoms with E-state index in [-0.39, 0.29) is 18.3 Å². The van der Waals surface area contributed by atoms with E-state index in [1.807, 2.05) is 0 Å². The molecule has 1 fully saturated rings. The van der Waals surface area contributed by atoms with Crippen molar-refractivity contribution in [2.75, 3.05) is 42.9 Å². The van der Waals surface area contributed by atoms with E-state index in [1.165, 1.54) is 24.3 Å². The summed E-state index contributed by atoms with van der Waals surface area (Å²) < 4.78 is 50.7. The molecule has 4 nitrogen and oxygen atoms in total. The van der Waals surface area contributed by atoms with Crippen LogP contribution in [0.2, 0.25) is 0 Å². The Balaban J connectivity index is 1.47. The zero-order valence-corrected chi connectivity index (χ0v) is 14.5. The molecular formula is C19H20F4N3O+. The summed E-state index contributed by atoms with van der Waals surface area (Å²) in [5.74, 6) is -0.511. The number of anilines is 2. The number of hydrogen-bond donors (Lipinski definition) is 2. The lowest BCUT2D eigenvalue weighted by atomic mass is 10.2. The normalized spacial score (nSPS) is 15.6. The SMILES string of the molecule is O=C(C[NH+]1CCN(c2ccc(F)cc2)CC1)Nc1ccc(C(F)(F)F)cc1. The van der Waals surface area contributed by atoms with Crippen molar-refractivity contribution in [1.82, 2.24) is 0 Å². The second-order valence-electron chi connectivity index (χ2n) is 6.51. The first-order chi connectivity index (χ1) is 12.8. The fourth-order valence-electron chi connectivity index (χ4n) is 3.08. The van der Waals surface area contributed by atoms with Gasteiger partial charge in [0.25, 0.3) is 5.91 Å². The fourth-order valence-corrected chi connectivity index (χ4v) is 3.08. The number of nitrogens with one attached hydrogen (secondary N) is 2. The first-order valence-corrected chi connectivity index (χ1v) is 8.62. The van der Waals surface area contributed by atoms with Gasteiger partial charge in [-0.25, -0.2) is 4.39 Å². The molecule has 0 bridgehead atoms. The van der Waals surface area contributed by atoms with Crippen LogP contribution in [-0.2, 0) is 11.0 Å². The number of carbonyl (C=O) groups excluding carboxylic acids is 1. The van der Waals surface area contributed by atoms with Crippen molar-refractivity contribution < 1.29 is 27.3 Å². The van der Waals surface area contributed by atoms with Crippen molar-refractivity contribution in [2.45, 2.75) is 6.18 Å². The lowest BCUT2D eigenvalue weighted by molar-refractivity contribution is -0.892. The van der Waals surface area contributed by atoms with Gasteiger partial charge in [0.05, 0.1) is 31.7 Å². The Bertz CT molecular complexity index is 767. The summed E-state index contributed by atoms with van der Waals surface area (Å²) in [5, 5.41) is 2.63. The van der Waals surface area contributed by atoms with Crippen LogP contribution in [-0.4, -0.2) is 38.6 Å². The predicted octanol–water partition coefficient (Wildman–Crippen LogP) is 2.19. The minimum atomic E-state index is -4.39. The third-order valence-corrected chi connectivity index (χ3v) is 4.57. The van der Waals surface area contributed by atoms with Crippen LogP contribution in [0.4, 0.5) is 28.9 Å². The van der Waals surface area contributed by atoms with Crippen LogP contribution in [0.3, 0.4) is 0 Å². The van der Waals surface area contributed by atoms with Crippen molar-refractivity contribution in [2.24, 2.45) is 0 Å². The third kappa shape index (κ3) is 5.19. The number of hydrogen-bond acceptors (Lipinski definition) is 2. The maximum absolute atomic E-state index is 13.0. The molecule has 8 heteroatoms. The molecule has 3 rings (SSSR count).